The van der Waals surface area contributed by atoms with Crippen molar-refractivity contribution in [1.29, 1.82) is 0 Å². The third kappa shape index (κ3) is 3.01. The minimum Gasteiger partial charge on any atom is -0.481 e. The van der Waals surface area contributed by atoms with Gasteiger partial charge >= 0.3 is 12.0 Å². The van der Waals surface area contributed by atoms with E-state index in [1.807, 2.05) is 12.1 Å². The highest BCUT2D eigenvalue weighted by molar-refractivity contribution is 5.90. The largest absolute Gasteiger partial charge is 0.481 e. The van der Waals surface area contributed by atoms with E-state index in [1.165, 1.54) is 17.5 Å². The molecule has 5 heteroatoms. The van der Waals surface area contributed by atoms with Crippen molar-refractivity contribution in [3.8, 4) is 0 Å². The van der Waals surface area contributed by atoms with E-state index in [2.05, 4.69) is 11.4 Å². The Kier molecular flexibility index (Phi) is 3.82. The maximum Gasteiger partial charge on any atom is 0.322 e. The summed E-state index contributed by atoms with van der Waals surface area (Å²) < 4.78 is 0. The van der Waals surface area contributed by atoms with Gasteiger partial charge in [-0.1, -0.05) is 6.07 Å². The molecule has 1 saturated heterocycles. The maximum atomic E-state index is 12.3. The zero-order chi connectivity index (χ0) is 14.8. The van der Waals surface area contributed by atoms with Crippen molar-refractivity contribution in [2.24, 2.45) is 0 Å². The van der Waals surface area contributed by atoms with Gasteiger partial charge in [-0.2, -0.15) is 0 Å². The van der Waals surface area contributed by atoms with Crippen LogP contribution in [0.2, 0.25) is 0 Å². The van der Waals surface area contributed by atoms with Crippen molar-refractivity contribution in [2.45, 2.75) is 44.6 Å². The van der Waals surface area contributed by atoms with Gasteiger partial charge in [-0.3, -0.25) is 4.79 Å². The van der Waals surface area contributed by atoms with E-state index >= 15 is 0 Å². The quantitative estimate of drug-likeness (QED) is 0.898. The Morgan fingerprint density at radius 1 is 1.24 bits per heavy atom. The Balaban J connectivity index is 1.67. The van der Waals surface area contributed by atoms with E-state index in [-0.39, 0.29) is 18.5 Å². The highest BCUT2D eigenvalue weighted by atomic mass is 16.4. The number of hydrogen-bond acceptors (Lipinski definition) is 2. The van der Waals surface area contributed by atoms with Crippen LogP contribution in [0, 0.1) is 0 Å². The summed E-state index contributed by atoms with van der Waals surface area (Å²) in [7, 11) is 0. The summed E-state index contributed by atoms with van der Waals surface area (Å²) in [6.07, 6.45) is 5.04. The number of anilines is 1. The molecule has 0 radical (unpaired) electrons. The molecule has 0 bridgehead atoms. The molecule has 1 aliphatic heterocycles. The number of carboxylic acids is 1. The summed E-state index contributed by atoms with van der Waals surface area (Å²) in [4.78, 5) is 24.8. The van der Waals surface area contributed by atoms with Crippen LogP contribution in [0.15, 0.2) is 18.2 Å². The smallest absolute Gasteiger partial charge is 0.322 e. The summed E-state index contributed by atoms with van der Waals surface area (Å²) in [6, 6.07) is 5.69. The van der Waals surface area contributed by atoms with Crippen molar-refractivity contribution in [1.82, 2.24) is 4.90 Å². The third-order valence-electron chi connectivity index (χ3n) is 4.40. The second-order valence-corrected chi connectivity index (χ2v) is 5.85. The van der Waals surface area contributed by atoms with E-state index in [9.17, 15) is 9.59 Å². The molecule has 2 aliphatic rings. The first-order valence-corrected chi connectivity index (χ1v) is 7.55. The Morgan fingerprint density at radius 2 is 2.05 bits per heavy atom. The highest BCUT2D eigenvalue weighted by Gasteiger charge is 2.30. The molecule has 0 spiro atoms. The van der Waals surface area contributed by atoms with Gasteiger partial charge in [0.05, 0.1) is 6.42 Å². The van der Waals surface area contributed by atoms with Crippen LogP contribution in [0.4, 0.5) is 10.5 Å². The fourth-order valence-corrected chi connectivity index (χ4v) is 3.36. The number of fused-ring (bicyclic) bond motifs is 1. The molecule has 1 aromatic carbocycles. The molecule has 3 rings (SSSR count). The lowest BCUT2D eigenvalue weighted by atomic mass is 10.1. The van der Waals surface area contributed by atoms with Gasteiger partial charge in [0.1, 0.15) is 0 Å². The lowest BCUT2D eigenvalue weighted by molar-refractivity contribution is -0.137. The molecule has 2 N–H and O–H groups in total. The second kappa shape index (κ2) is 5.76. The molecular formula is C16H20N2O3. The van der Waals surface area contributed by atoms with Crippen LogP contribution in [0.1, 0.15) is 36.8 Å². The topological polar surface area (TPSA) is 69.6 Å². The predicted molar refractivity (Wildman–Crippen MR) is 79.5 cm³/mol. The van der Waals surface area contributed by atoms with Crippen molar-refractivity contribution < 1.29 is 14.7 Å². The molecule has 1 heterocycles. The standard InChI is InChI=1S/C16H20N2O3/c19-15(20)10-14-5-2-8-18(14)16(21)17-13-7-6-11-3-1-4-12(11)9-13/h6-7,9,14H,1-5,8,10H2,(H,17,21)(H,19,20). The predicted octanol–water partition coefficient (Wildman–Crippen LogP) is 2.65. The minimum atomic E-state index is -0.850. The number of carbonyl (C=O) groups is 2. The first kappa shape index (κ1) is 13.9. The number of nitrogens with zero attached hydrogens (tertiary/aromatic N) is 1. The van der Waals surface area contributed by atoms with Gasteiger partial charge in [-0.05, 0) is 55.4 Å². The van der Waals surface area contributed by atoms with E-state index in [0.717, 1.165) is 31.4 Å². The SMILES string of the molecule is O=C(O)CC1CCCN1C(=O)Nc1ccc2c(c1)CCC2. The number of urea groups is 1. The van der Waals surface area contributed by atoms with Crippen molar-refractivity contribution in [3.63, 3.8) is 0 Å². The van der Waals surface area contributed by atoms with E-state index < -0.39 is 5.97 Å². The number of nitrogens with one attached hydrogen (secondary N) is 1. The third-order valence-corrected chi connectivity index (χ3v) is 4.40. The molecule has 21 heavy (non-hydrogen) atoms. The maximum absolute atomic E-state index is 12.3. The lowest BCUT2D eigenvalue weighted by Gasteiger charge is -2.24. The summed E-state index contributed by atoms with van der Waals surface area (Å²) in [5.41, 5.74) is 3.50. The van der Waals surface area contributed by atoms with Crippen molar-refractivity contribution in [2.75, 3.05) is 11.9 Å². The number of hydrogen-bond donors (Lipinski definition) is 2. The van der Waals surface area contributed by atoms with Crippen molar-refractivity contribution in [3.05, 3.63) is 29.3 Å². The molecule has 1 unspecified atom stereocenters. The molecule has 1 atom stereocenters. The Morgan fingerprint density at radius 3 is 2.86 bits per heavy atom. The fraction of sp³-hybridized carbons (Fsp3) is 0.500. The Bertz CT molecular complexity index is 571. The second-order valence-electron chi connectivity index (χ2n) is 5.85. The number of carbonyl (C=O) groups excluding carboxylic acids is 1. The average Bonchev–Trinajstić information content (AvgIpc) is 3.06. The molecule has 1 fully saturated rings. The number of carboxylic acid groups (broad SMARTS) is 1. The molecule has 2 amide bonds. The molecule has 0 saturated carbocycles. The number of aryl methyl sites for hydroxylation is 2. The summed E-state index contributed by atoms with van der Waals surface area (Å²) >= 11 is 0. The number of rotatable bonds is 3. The molecule has 112 valence electrons. The summed E-state index contributed by atoms with van der Waals surface area (Å²) in [5, 5.41) is 11.8. The zero-order valence-electron chi connectivity index (χ0n) is 12.0. The number of amides is 2. The van der Waals surface area contributed by atoms with E-state index in [0.29, 0.717) is 6.54 Å². The molecule has 1 aromatic rings. The van der Waals surface area contributed by atoms with Crippen LogP contribution in [-0.4, -0.2) is 34.6 Å². The van der Waals surface area contributed by atoms with E-state index in [4.69, 9.17) is 5.11 Å². The molecular weight excluding hydrogens is 268 g/mol. The number of likely N-dealkylation sites (tertiary alicyclic amines) is 1. The van der Waals surface area contributed by atoms with Crippen LogP contribution in [0.3, 0.4) is 0 Å². The first-order valence-electron chi connectivity index (χ1n) is 7.55. The normalized spacial score (nSPS) is 20.4. The average molecular weight is 288 g/mol. The lowest BCUT2D eigenvalue weighted by Crippen LogP contribution is -2.39. The zero-order valence-corrected chi connectivity index (χ0v) is 12.0. The van der Waals surface area contributed by atoms with Gasteiger partial charge in [0, 0.05) is 18.3 Å². The van der Waals surface area contributed by atoms with Gasteiger partial charge < -0.3 is 15.3 Å². The van der Waals surface area contributed by atoms with Gasteiger partial charge in [0.15, 0.2) is 0 Å². The van der Waals surface area contributed by atoms with Crippen molar-refractivity contribution >= 4 is 17.7 Å². The molecule has 1 aliphatic carbocycles. The summed E-state index contributed by atoms with van der Waals surface area (Å²) in [5.74, 6) is -0.850. The monoisotopic (exact) mass is 288 g/mol. The van der Waals surface area contributed by atoms with Gasteiger partial charge in [0.25, 0.3) is 0 Å². The van der Waals surface area contributed by atoms with Crippen LogP contribution >= 0.6 is 0 Å². The number of benzene rings is 1. The first-order chi connectivity index (χ1) is 10.1. The minimum absolute atomic E-state index is 0.0254. The van der Waals surface area contributed by atoms with E-state index in [1.54, 1.807) is 4.90 Å². The fourth-order valence-electron chi connectivity index (χ4n) is 3.36. The van der Waals surface area contributed by atoms with Crippen LogP contribution in [0.5, 0.6) is 0 Å². The van der Waals surface area contributed by atoms with Crippen LogP contribution < -0.4 is 5.32 Å². The highest BCUT2D eigenvalue weighted by Crippen LogP contribution is 2.26. The summed E-state index contributed by atoms with van der Waals surface area (Å²) in [6.45, 7) is 0.634. The molecule has 5 nitrogen and oxygen atoms in total. The number of aliphatic carboxylic acids is 1. The van der Waals surface area contributed by atoms with Crippen LogP contribution in [-0.2, 0) is 17.6 Å². The van der Waals surface area contributed by atoms with Gasteiger partial charge in [0.2, 0.25) is 0 Å². The Hall–Kier alpha value is -2.04. The molecule has 0 aromatic heterocycles. The Labute approximate surface area is 123 Å². The van der Waals surface area contributed by atoms with Crippen LogP contribution in [0.25, 0.3) is 0 Å². The van der Waals surface area contributed by atoms with Gasteiger partial charge in [-0.25, -0.2) is 4.79 Å². The van der Waals surface area contributed by atoms with Gasteiger partial charge in [-0.15, -0.1) is 0 Å².